The van der Waals surface area contributed by atoms with Crippen molar-refractivity contribution in [1.82, 2.24) is 5.32 Å². The van der Waals surface area contributed by atoms with Gasteiger partial charge in [-0.3, -0.25) is 4.79 Å². The molecule has 0 aliphatic heterocycles. The molecule has 1 heterocycles. The highest BCUT2D eigenvalue weighted by atomic mass is 16.5. The first-order valence-electron chi connectivity index (χ1n) is 8.89. The minimum atomic E-state index is -0.0608. The molecule has 4 rings (SSSR count). The van der Waals surface area contributed by atoms with Gasteiger partial charge < -0.3 is 14.5 Å². The van der Waals surface area contributed by atoms with Gasteiger partial charge in [0.15, 0.2) is 5.76 Å². The molecule has 2 aliphatic carbocycles. The van der Waals surface area contributed by atoms with Crippen LogP contribution in [0.1, 0.15) is 60.6 Å². The minimum Gasteiger partial charge on any atom is -0.490 e. The van der Waals surface area contributed by atoms with Gasteiger partial charge in [0.25, 0.3) is 5.91 Å². The van der Waals surface area contributed by atoms with E-state index in [1.54, 1.807) is 6.26 Å². The fourth-order valence-corrected chi connectivity index (χ4v) is 3.49. The maximum atomic E-state index is 12.5. The monoisotopic (exact) mass is 325 g/mol. The van der Waals surface area contributed by atoms with Crippen LogP contribution >= 0.6 is 0 Å². The van der Waals surface area contributed by atoms with Crippen LogP contribution in [0.3, 0.4) is 0 Å². The maximum absolute atomic E-state index is 12.5. The van der Waals surface area contributed by atoms with E-state index in [0.29, 0.717) is 11.7 Å². The highest BCUT2D eigenvalue weighted by molar-refractivity contribution is 5.93. The molecule has 0 unspecified atom stereocenters. The molecule has 4 nitrogen and oxygen atoms in total. The molecule has 1 amide bonds. The third-order valence-corrected chi connectivity index (χ3v) is 4.97. The Morgan fingerprint density at radius 1 is 1.00 bits per heavy atom. The molecule has 2 saturated carbocycles. The molecule has 4 heteroatoms. The number of rotatable bonds is 5. The third-order valence-electron chi connectivity index (χ3n) is 4.97. The van der Waals surface area contributed by atoms with Crippen molar-refractivity contribution < 1.29 is 13.9 Å². The van der Waals surface area contributed by atoms with Crippen molar-refractivity contribution in [2.45, 2.75) is 56.6 Å². The average molecular weight is 325 g/mol. The maximum Gasteiger partial charge on any atom is 0.287 e. The van der Waals surface area contributed by atoms with E-state index >= 15 is 0 Å². The molecule has 2 fully saturated rings. The van der Waals surface area contributed by atoms with Gasteiger partial charge in [-0.1, -0.05) is 18.2 Å². The molecule has 126 valence electrons. The Balaban J connectivity index is 1.28. The number of nitrogens with one attached hydrogen (secondary N) is 1. The summed E-state index contributed by atoms with van der Waals surface area (Å²) in [5.74, 6) is 1.91. The fraction of sp³-hybridized carbons (Fsp3) is 0.450. The van der Waals surface area contributed by atoms with Crippen LogP contribution in [-0.4, -0.2) is 18.1 Å². The van der Waals surface area contributed by atoms with Crippen molar-refractivity contribution >= 4 is 5.91 Å². The molecular weight excluding hydrogens is 302 g/mol. The Morgan fingerprint density at radius 3 is 2.46 bits per heavy atom. The highest BCUT2D eigenvalue weighted by Gasteiger charge is 2.31. The number of para-hydroxylation sites is 1. The number of carbonyl (C=O) groups excluding carboxylic acids is 1. The normalized spacial score (nSPS) is 23.7. The molecule has 24 heavy (non-hydrogen) atoms. The van der Waals surface area contributed by atoms with Crippen molar-refractivity contribution in [2.24, 2.45) is 0 Å². The number of hydrogen-bond donors (Lipinski definition) is 1. The molecule has 0 radical (unpaired) electrons. The van der Waals surface area contributed by atoms with Crippen molar-refractivity contribution in [2.75, 3.05) is 0 Å². The third kappa shape index (κ3) is 3.48. The van der Waals surface area contributed by atoms with E-state index in [0.717, 1.165) is 37.0 Å². The summed E-state index contributed by atoms with van der Waals surface area (Å²) in [5, 5.41) is 3.14. The van der Waals surface area contributed by atoms with Crippen LogP contribution in [0.2, 0.25) is 0 Å². The van der Waals surface area contributed by atoms with Crippen LogP contribution in [-0.2, 0) is 0 Å². The number of hydrogen-bond acceptors (Lipinski definition) is 3. The topological polar surface area (TPSA) is 51.5 Å². The lowest BCUT2D eigenvalue weighted by molar-refractivity contribution is 0.0865. The fourth-order valence-electron chi connectivity index (χ4n) is 3.49. The van der Waals surface area contributed by atoms with Crippen molar-refractivity contribution in [3.63, 3.8) is 0 Å². The van der Waals surface area contributed by atoms with Gasteiger partial charge in [0, 0.05) is 11.6 Å². The summed E-state index contributed by atoms with van der Waals surface area (Å²) in [5.41, 5.74) is 1.08. The number of amides is 1. The van der Waals surface area contributed by atoms with Gasteiger partial charge in [0.05, 0.1) is 12.4 Å². The first kappa shape index (κ1) is 15.3. The molecule has 0 saturated heterocycles. The lowest BCUT2D eigenvalue weighted by Crippen LogP contribution is -2.39. The Morgan fingerprint density at radius 2 is 1.75 bits per heavy atom. The van der Waals surface area contributed by atoms with Gasteiger partial charge in [-0.15, -0.1) is 0 Å². The van der Waals surface area contributed by atoms with Crippen LogP contribution in [0.5, 0.6) is 5.75 Å². The summed E-state index contributed by atoms with van der Waals surface area (Å²) in [6.07, 6.45) is 8.04. The summed E-state index contributed by atoms with van der Waals surface area (Å²) in [6, 6.07) is 12.1. The van der Waals surface area contributed by atoms with Crippen LogP contribution in [0.15, 0.2) is 47.1 Å². The largest absolute Gasteiger partial charge is 0.490 e. The zero-order valence-electron chi connectivity index (χ0n) is 13.7. The molecule has 2 aliphatic rings. The van der Waals surface area contributed by atoms with Gasteiger partial charge >= 0.3 is 0 Å². The minimum absolute atomic E-state index is 0.0608. The van der Waals surface area contributed by atoms with Gasteiger partial charge in [-0.25, -0.2) is 0 Å². The number of benzene rings is 1. The molecule has 0 bridgehead atoms. The second-order valence-electron chi connectivity index (χ2n) is 6.86. The number of furan rings is 1. The predicted molar refractivity (Wildman–Crippen MR) is 91.3 cm³/mol. The van der Waals surface area contributed by atoms with E-state index in [1.807, 2.05) is 36.4 Å². The molecule has 0 atom stereocenters. The summed E-state index contributed by atoms with van der Waals surface area (Å²) >= 11 is 0. The standard InChI is InChI=1S/C20H23NO3/c22-20(19-18(12-13-23-19)14-6-7-14)21-15-8-10-17(11-9-15)24-16-4-2-1-3-5-16/h1-5,12-15,17H,6-11H2,(H,21,22). The van der Waals surface area contributed by atoms with Crippen LogP contribution < -0.4 is 10.1 Å². The van der Waals surface area contributed by atoms with Gasteiger partial charge in [0.2, 0.25) is 0 Å². The Bertz CT molecular complexity index is 682. The van der Waals surface area contributed by atoms with Crippen LogP contribution in [0.4, 0.5) is 0 Å². The summed E-state index contributed by atoms with van der Waals surface area (Å²) in [6.45, 7) is 0. The molecular formula is C20H23NO3. The van der Waals surface area contributed by atoms with E-state index in [4.69, 9.17) is 9.15 Å². The summed E-state index contributed by atoms with van der Waals surface area (Å²) in [4.78, 5) is 12.5. The van der Waals surface area contributed by atoms with E-state index in [2.05, 4.69) is 5.32 Å². The number of ether oxygens (including phenoxy) is 1. The van der Waals surface area contributed by atoms with E-state index < -0.39 is 0 Å². The van der Waals surface area contributed by atoms with Gasteiger partial charge in [-0.2, -0.15) is 0 Å². The van der Waals surface area contributed by atoms with E-state index in [9.17, 15) is 4.79 Å². The second-order valence-corrected chi connectivity index (χ2v) is 6.86. The van der Waals surface area contributed by atoms with E-state index in [1.165, 1.54) is 12.8 Å². The summed E-state index contributed by atoms with van der Waals surface area (Å²) < 4.78 is 11.4. The van der Waals surface area contributed by atoms with Gasteiger partial charge in [0.1, 0.15) is 5.75 Å². The zero-order valence-corrected chi connectivity index (χ0v) is 13.7. The quantitative estimate of drug-likeness (QED) is 0.893. The van der Waals surface area contributed by atoms with Crippen LogP contribution in [0.25, 0.3) is 0 Å². The zero-order chi connectivity index (χ0) is 16.4. The van der Waals surface area contributed by atoms with Crippen molar-refractivity contribution in [3.8, 4) is 5.75 Å². The Kier molecular flexibility index (Phi) is 4.28. The number of carbonyl (C=O) groups is 1. The molecule has 0 spiro atoms. The Hall–Kier alpha value is -2.23. The van der Waals surface area contributed by atoms with E-state index in [-0.39, 0.29) is 18.1 Å². The molecule has 1 N–H and O–H groups in total. The average Bonchev–Trinajstić information content (AvgIpc) is 3.34. The van der Waals surface area contributed by atoms with Crippen molar-refractivity contribution in [3.05, 3.63) is 54.0 Å². The molecule has 1 aromatic carbocycles. The predicted octanol–water partition coefficient (Wildman–Crippen LogP) is 4.28. The lowest BCUT2D eigenvalue weighted by atomic mass is 9.92. The first-order chi connectivity index (χ1) is 11.8. The SMILES string of the molecule is O=C(NC1CCC(Oc2ccccc2)CC1)c1occc1C1CC1. The first-order valence-corrected chi connectivity index (χ1v) is 8.89. The van der Waals surface area contributed by atoms with Gasteiger partial charge in [-0.05, 0) is 62.6 Å². The smallest absolute Gasteiger partial charge is 0.287 e. The molecule has 2 aromatic rings. The second kappa shape index (κ2) is 6.71. The molecule has 1 aromatic heterocycles. The van der Waals surface area contributed by atoms with Crippen LogP contribution in [0, 0.1) is 0 Å². The highest BCUT2D eigenvalue weighted by Crippen LogP contribution is 2.42. The summed E-state index contributed by atoms with van der Waals surface area (Å²) in [7, 11) is 0. The van der Waals surface area contributed by atoms with Crippen molar-refractivity contribution in [1.29, 1.82) is 0 Å². The lowest BCUT2D eigenvalue weighted by Gasteiger charge is -2.29. The Labute approximate surface area is 142 Å².